The quantitative estimate of drug-likeness (QED) is 0.295. The number of hydrogen-bond donors (Lipinski definition) is 1. The number of urea groups is 1. The molecule has 38 heavy (non-hydrogen) atoms. The maximum Gasteiger partial charge on any atom is 0.357 e. The third-order valence-electron chi connectivity index (χ3n) is 6.24. The SMILES string of the molecule is C=ICC(F)(F)c1ccc(-n2c(-c3ccccc3Cl)nc(N3CCC(NC(=O)N(C)C)CC3)nc2=O)cc1. The molecule has 0 unspecified atom stereocenters. The molecule has 4 rings (SSSR count). The van der Waals surface area contributed by atoms with Gasteiger partial charge in [-0.25, -0.2) is 22.9 Å². The van der Waals surface area contributed by atoms with Crippen molar-refractivity contribution in [2.24, 2.45) is 0 Å². The fourth-order valence-electron chi connectivity index (χ4n) is 4.17. The molecule has 1 aliphatic rings. The smallest absolute Gasteiger partial charge is 0.340 e. The Kier molecular flexibility index (Phi) is 8.76. The molecule has 2 heterocycles. The number of nitrogens with one attached hydrogen (secondary N) is 1. The summed E-state index contributed by atoms with van der Waals surface area (Å²) in [5.74, 6) is -2.46. The molecule has 0 radical (unpaired) electrons. The minimum Gasteiger partial charge on any atom is -0.340 e. The summed E-state index contributed by atoms with van der Waals surface area (Å²) in [4.78, 5) is 37.7. The minimum atomic E-state index is -2.97. The Hall–Kier alpha value is -2.93. The molecule has 1 fully saturated rings. The summed E-state index contributed by atoms with van der Waals surface area (Å²) in [6, 6.07) is 12.4. The van der Waals surface area contributed by atoms with Gasteiger partial charge < -0.3 is 15.1 Å². The molecule has 1 aromatic heterocycles. The normalized spacial score (nSPS) is 14.4. The molecular weight excluding hydrogens is 629 g/mol. The zero-order chi connectivity index (χ0) is 27.4. The first kappa shape index (κ1) is 28.1. The van der Waals surface area contributed by atoms with E-state index in [9.17, 15) is 18.4 Å². The van der Waals surface area contributed by atoms with E-state index in [1.165, 1.54) is 33.7 Å². The molecule has 12 heteroatoms. The van der Waals surface area contributed by atoms with E-state index in [0.29, 0.717) is 42.2 Å². The molecule has 202 valence electrons. The van der Waals surface area contributed by atoms with Crippen LogP contribution >= 0.6 is 32.3 Å². The lowest BCUT2D eigenvalue weighted by molar-refractivity contribution is 0.0265. The number of carbonyl (C=O) groups excluding carboxylic acids is 1. The molecule has 0 aliphatic carbocycles. The Balaban J connectivity index is 1.70. The maximum absolute atomic E-state index is 14.4. The van der Waals surface area contributed by atoms with Crippen LogP contribution in [0.4, 0.5) is 19.5 Å². The Morgan fingerprint density at radius 1 is 1.16 bits per heavy atom. The van der Waals surface area contributed by atoms with Crippen LogP contribution in [-0.2, 0) is 5.92 Å². The molecule has 8 nitrogen and oxygen atoms in total. The zero-order valence-corrected chi connectivity index (χ0v) is 23.9. The van der Waals surface area contributed by atoms with Crippen molar-refractivity contribution in [3.8, 4) is 17.1 Å². The lowest BCUT2D eigenvalue weighted by Gasteiger charge is -2.33. The molecule has 1 aliphatic heterocycles. The van der Waals surface area contributed by atoms with Gasteiger partial charge in [0.15, 0.2) is 5.82 Å². The number of carbonyl (C=O) groups is 1. The monoisotopic (exact) mass is 656 g/mol. The summed E-state index contributed by atoms with van der Waals surface area (Å²) in [5.41, 5.74) is 0.138. The average molecular weight is 657 g/mol. The first-order valence-corrected chi connectivity index (χ1v) is 15.3. The van der Waals surface area contributed by atoms with Crippen LogP contribution in [-0.4, -0.2) is 67.6 Å². The van der Waals surface area contributed by atoms with Crippen LogP contribution in [0.15, 0.2) is 53.3 Å². The molecule has 0 bridgehead atoms. The van der Waals surface area contributed by atoms with Gasteiger partial charge in [-0.15, -0.1) is 20.7 Å². The molecule has 2 aromatic carbocycles. The van der Waals surface area contributed by atoms with Gasteiger partial charge >= 0.3 is 11.7 Å². The molecule has 1 saturated heterocycles. The fraction of sp³-hybridized carbons (Fsp3) is 0.346. The number of anilines is 1. The van der Waals surface area contributed by atoms with Crippen LogP contribution in [0.2, 0.25) is 5.02 Å². The predicted molar refractivity (Wildman–Crippen MR) is 155 cm³/mol. The second-order valence-corrected chi connectivity index (χ2v) is 11.4. The lowest BCUT2D eigenvalue weighted by Crippen LogP contribution is -2.48. The summed E-state index contributed by atoms with van der Waals surface area (Å²) in [5, 5.41) is 3.37. The number of amides is 2. The molecular formula is C26H28ClF2IN6O2. The standard InChI is InChI=1S/C26H28ClF2IN6O2/c1-30-16-26(28,29)17-8-10-19(11-9-17)36-22(20-6-4-5-7-21(20)27)32-23(33-25(36)38)35-14-12-18(13-15-35)31-24(37)34(2)3/h4-11,18H,1,12-16H2,2-3H3,(H,31,37). The Morgan fingerprint density at radius 3 is 2.42 bits per heavy atom. The van der Waals surface area contributed by atoms with Crippen molar-refractivity contribution >= 4 is 48.8 Å². The van der Waals surface area contributed by atoms with E-state index in [0.717, 1.165) is 0 Å². The number of piperidine rings is 1. The second-order valence-electron chi connectivity index (χ2n) is 9.12. The van der Waals surface area contributed by atoms with Crippen molar-refractivity contribution in [2.45, 2.75) is 24.8 Å². The largest absolute Gasteiger partial charge is 0.357 e. The number of benzene rings is 2. The maximum atomic E-state index is 14.4. The van der Waals surface area contributed by atoms with Crippen molar-refractivity contribution < 1.29 is 13.6 Å². The van der Waals surface area contributed by atoms with E-state index in [2.05, 4.69) is 14.8 Å². The highest BCUT2D eigenvalue weighted by molar-refractivity contribution is 14.2. The second kappa shape index (κ2) is 11.9. The van der Waals surface area contributed by atoms with Crippen LogP contribution < -0.4 is 15.9 Å². The van der Waals surface area contributed by atoms with Crippen molar-refractivity contribution in [3.05, 3.63) is 69.6 Å². The van der Waals surface area contributed by atoms with Gasteiger partial charge in [-0.2, -0.15) is 9.97 Å². The fourth-order valence-corrected chi connectivity index (χ4v) is 5.51. The van der Waals surface area contributed by atoms with E-state index in [1.807, 2.05) is 4.90 Å². The van der Waals surface area contributed by atoms with Crippen LogP contribution in [0.5, 0.6) is 0 Å². The molecule has 0 atom stereocenters. The van der Waals surface area contributed by atoms with E-state index in [-0.39, 0.29) is 33.8 Å². The highest BCUT2D eigenvalue weighted by Gasteiger charge is 2.30. The summed E-state index contributed by atoms with van der Waals surface area (Å²) >= 11 is 5.64. The van der Waals surface area contributed by atoms with Gasteiger partial charge in [-0.3, -0.25) is 0 Å². The summed E-state index contributed by atoms with van der Waals surface area (Å²) in [6.45, 7) is 1.09. The van der Waals surface area contributed by atoms with Gasteiger partial charge in [0.25, 0.3) is 5.92 Å². The van der Waals surface area contributed by atoms with Crippen LogP contribution in [0.25, 0.3) is 17.1 Å². The number of nitrogens with zero attached hydrogens (tertiary/aromatic N) is 5. The van der Waals surface area contributed by atoms with Gasteiger partial charge in [-0.05, 0) is 37.1 Å². The van der Waals surface area contributed by atoms with Crippen molar-refractivity contribution in [3.63, 3.8) is 0 Å². The summed E-state index contributed by atoms with van der Waals surface area (Å²) in [6.07, 6.45) is 1.33. The van der Waals surface area contributed by atoms with E-state index >= 15 is 0 Å². The number of alkyl halides is 3. The van der Waals surface area contributed by atoms with Gasteiger partial charge in [0.05, 0.1) is 15.1 Å². The first-order valence-electron chi connectivity index (χ1n) is 11.9. The van der Waals surface area contributed by atoms with Crippen molar-refractivity contribution in [1.82, 2.24) is 24.8 Å². The van der Waals surface area contributed by atoms with Crippen LogP contribution in [0.1, 0.15) is 18.4 Å². The molecule has 2 amide bonds. The Labute approximate surface area is 234 Å². The topological polar surface area (TPSA) is 83.4 Å². The summed E-state index contributed by atoms with van der Waals surface area (Å²) in [7, 11) is 3.37. The van der Waals surface area contributed by atoms with Crippen molar-refractivity contribution in [1.29, 1.82) is 0 Å². The van der Waals surface area contributed by atoms with Gasteiger partial charge in [0, 0.05) is 44.4 Å². The van der Waals surface area contributed by atoms with Crippen LogP contribution in [0, 0.1) is 0 Å². The predicted octanol–water partition coefficient (Wildman–Crippen LogP) is 4.68. The molecule has 3 aromatic rings. The first-order chi connectivity index (χ1) is 18.1. The molecule has 0 spiro atoms. The highest BCUT2D eigenvalue weighted by Crippen LogP contribution is 2.33. The highest BCUT2D eigenvalue weighted by atomic mass is 127. The third kappa shape index (κ3) is 6.20. The lowest BCUT2D eigenvalue weighted by atomic mass is 10.1. The number of halogens is 4. The number of hydrogen-bond acceptors (Lipinski definition) is 5. The van der Waals surface area contributed by atoms with Crippen LogP contribution in [0.3, 0.4) is 0 Å². The Morgan fingerprint density at radius 2 is 1.82 bits per heavy atom. The zero-order valence-electron chi connectivity index (χ0n) is 21.0. The van der Waals surface area contributed by atoms with E-state index in [4.69, 9.17) is 16.6 Å². The van der Waals surface area contributed by atoms with E-state index in [1.54, 1.807) is 38.4 Å². The number of aromatic nitrogens is 3. The van der Waals surface area contributed by atoms with Gasteiger partial charge in [0.2, 0.25) is 5.95 Å². The van der Waals surface area contributed by atoms with Crippen molar-refractivity contribution in [2.75, 3.05) is 36.5 Å². The van der Waals surface area contributed by atoms with Gasteiger partial charge in [0.1, 0.15) is 0 Å². The average Bonchev–Trinajstić information content (AvgIpc) is 2.89. The molecule has 0 saturated carbocycles. The molecule has 1 N–H and O–H groups in total. The van der Waals surface area contributed by atoms with Gasteiger partial charge in [-0.1, -0.05) is 40.4 Å². The summed E-state index contributed by atoms with van der Waals surface area (Å²) < 4.78 is 33.5. The Bertz CT molecular complexity index is 1370. The number of rotatable bonds is 7. The third-order valence-corrected chi connectivity index (χ3v) is 8.07. The minimum absolute atomic E-state index is 0.00630. The van der Waals surface area contributed by atoms with E-state index < -0.39 is 32.3 Å².